The van der Waals surface area contributed by atoms with Crippen molar-refractivity contribution in [3.63, 3.8) is 0 Å². The Morgan fingerprint density at radius 1 is 0.975 bits per heavy atom. The van der Waals surface area contributed by atoms with E-state index in [0.717, 1.165) is 49.3 Å². The summed E-state index contributed by atoms with van der Waals surface area (Å²) in [6.07, 6.45) is 8.78. The van der Waals surface area contributed by atoms with Crippen LogP contribution in [0.4, 0.5) is 24.7 Å². The highest BCUT2D eigenvalue weighted by Gasteiger charge is 2.31. The maximum absolute atomic E-state index is 13.5. The molecule has 1 N–H and O–H groups in total. The number of anilines is 2. The third kappa shape index (κ3) is 7.27. The van der Waals surface area contributed by atoms with E-state index in [1.54, 1.807) is 18.3 Å². The first-order chi connectivity index (χ1) is 19.3. The molecule has 1 aromatic heterocycles. The summed E-state index contributed by atoms with van der Waals surface area (Å²) in [4.78, 5) is 26.1. The van der Waals surface area contributed by atoms with Crippen LogP contribution in [0.1, 0.15) is 55.2 Å². The van der Waals surface area contributed by atoms with Gasteiger partial charge in [-0.05, 0) is 73.2 Å². The molecule has 9 heteroatoms. The molecule has 2 aromatic carbocycles. The largest absolute Gasteiger partial charge is 0.416 e. The van der Waals surface area contributed by atoms with Crippen LogP contribution in [0.25, 0.3) is 6.08 Å². The predicted molar refractivity (Wildman–Crippen MR) is 150 cm³/mol. The van der Waals surface area contributed by atoms with E-state index in [1.807, 2.05) is 29.2 Å². The molecule has 1 saturated heterocycles. The number of carbonyl (C=O) groups is 1. The molecule has 1 saturated carbocycles. The maximum atomic E-state index is 13.5. The molecule has 0 bridgehead atoms. The second-order valence-corrected chi connectivity index (χ2v) is 10.5. The van der Waals surface area contributed by atoms with Gasteiger partial charge in [-0.15, -0.1) is 0 Å². The quantitative estimate of drug-likeness (QED) is 0.317. The predicted octanol–water partition coefficient (Wildman–Crippen LogP) is 6.69. The molecule has 210 valence electrons. The molecule has 1 aliphatic carbocycles. The highest BCUT2D eigenvalue weighted by atomic mass is 19.4. The van der Waals surface area contributed by atoms with E-state index in [4.69, 9.17) is 0 Å². The van der Waals surface area contributed by atoms with Gasteiger partial charge in [-0.2, -0.15) is 13.2 Å². The van der Waals surface area contributed by atoms with E-state index >= 15 is 0 Å². The summed E-state index contributed by atoms with van der Waals surface area (Å²) in [5.41, 5.74) is 1.73. The number of rotatable bonds is 8. The van der Waals surface area contributed by atoms with Gasteiger partial charge in [0.15, 0.2) is 0 Å². The summed E-state index contributed by atoms with van der Waals surface area (Å²) in [6.45, 7) is 2.41. The Morgan fingerprint density at radius 2 is 1.68 bits per heavy atom. The van der Waals surface area contributed by atoms with Crippen molar-refractivity contribution in [2.24, 2.45) is 0 Å². The summed E-state index contributed by atoms with van der Waals surface area (Å²) < 4.78 is 38.8. The average molecular weight is 550 g/mol. The number of likely N-dealkylation sites (tertiary alicyclic amines) is 1. The van der Waals surface area contributed by atoms with Crippen molar-refractivity contribution in [2.75, 3.05) is 18.4 Å². The lowest BCUT2D eigenvalue weighted by Gasteiger charge is -2.40. The third-order valence-electron chi connectivity index (χ3n) is 7.88. The number of aromatic nitrogens is 2. The summed E-state index contributed by atoms with van der Waals surface area (Å²) >= 11 is 0. The summed E-state index contributed by atoms with van der Waals surface area (Å²) in [7, 11) is 0. The van der Waals surface area contributed by atoms with Crippen molar-refractivity contribution < 1.29 is 18.0 Å². The minimum absolute atomic E-state index is 0.0984. The Labute approximate surface area is 232 Å². The second kappa shape index (κ2) is 12.6. The zero-order valence-electron chi connectivity index (χ0n) is 22.4. The topological polar surface area (TPSA) is 61.4 Å². The monoisotopic (exact) mass is 549 g/mol. The molecule has 0 atom stereocenters. The second-order valence-electron chi connectivity index (χ2n) is 10.5. The summed E-state index contributed by atoms with van der Waals surface area (Å²) in [5, 5.41) is 3.24. The van der Waals surface area contributed by atoms with Crippen LogP contribution in [0.3, 0.4) is 0 Å². The molecule has 1 amide bonds. The van der Waals surface area contributed by atoms with Gasteiger partial charge in [-0.1, -0.05) is 37.1 Å². The number of nitrogens with zero attached hydrogens (tertiary/aromatic N) is 4. The van der Waals surface area contributed by atoms with Crippen molar-refractivity contribution >= 4 is 23.5 Å². The van der Waals surface area contributed by atoms with E-state index in [-0.39, 0.29) is 11.9 Å². The first-order valence-corrected chi connectivity index (χ1v) is 13.9. The minimum Gasteiger partial charge on any atom is -0.340 e. The number of halogens is 3. The van der Waals surface area contributed by atoms with Crippen LogP contribution in [-0.4, -0.2) is 50.8 Å². The van der Waals surface area contributed by atoms with Gasteiger partial charge in [-0.3, -0.25) is 4.79 Å². The molecular formula is C31H34F3N5O. The first-order valence-electron chi connectivity index (χ1n) is 13.9. The van der Waals surface area contributed by atoms with Crippen LogP contribution in [0.5, 0.6) is 0 Å². The molecule has 2 aliphatic rings. The fourth-order valence-corrected chi connectivity index (χ4v) is 5.67. The molecule has 5 rings (SSSR count). The molecule has 0 unspecified atom stereocenters. The van der Waals surface area contributed by atoms with Crippen LogP contribution in [0.2, 0.25) is 0 Å². The van der Waals surface area contributed by atoms with Crippen LogP contribution < -0.4 is 5.32 Å². The normalized spacial score (nSPS) is 17.4. The molecular weight excluding hydrogens is 515 g/mol. The number of piperidine rings is 1. The van der Waals surface area contributed by atoms with Crippen molar-refractivity contribution in [3.8, 4) is 0 Å². The molecule has 40 heavy (non-hydrogen) atoms. The van der Waals surface area contributed by atoms with Gasteiger partial charge in [0.05, 0.1) is 5.56 Å². The van der Waals surface area contributed by atoms with Crippen molar-refractivity contribution in [1.29, 1.82) is 0 Å². The molecule has 0 spiro atoms. The zero-order chi connectivity index (χ0) is 28.0. The Morgan fingerprint density at radius 3 is 2.30 bits per heavy atom. The lowest BCUT2D eigenvalue weighted by atomic mass is 9.99. The Kier molecular flexibility index (Phi) is 8.79. The van der Waals surface area contributed by atoms with Gasteiger partial charge in [0.1, 0.15) is 12.1 Å². The summed E-state index contributed by atoms with van der Waals surface area (Å²) in [6, 6.07) is 15.3. The smallest absolute Gasteiger partial charge is 0.340 e. The van der Waals surface area contributed by atoms with Crippen LogP contribution in [-0.2, 0) is 17.5 Å². The van der Waals surface area contributed by atoms with Gasteiger partial charge in [0.25, 0.3) is 0 Å². The van der Waals surface area contributed by atoms with E-state index in [1.165, 1.54) is 50.2 Å². The van der Waals surface area contributed by atoms with Crippen LogP contribution in [0, 0.1) is 0 Å². The lowest BCUT2D eigenvalue weighted by molar-refractivity contribution is -0.137. The number of alkyl halides is 3. The fraction of sp³-hybridized carbons (Fsp3) is 0.387. The highest BCUT2D eigenvalue weighted by molar-refractivity contribution is 5.92. The first kappa shape index (κ1) is 27.8. The molecule has 0 radical (unpaired) electrons. The van der Waals surface area contributed by atoms with Gasteiger partial charge < -0.3 is 15.1 Å². The molecule has 6 nitrogen and oxygen atoms in total. The molecule has 2 fully saturated rings. The van der Waals surface area contributed by atoms with Crippen molar-refractivity contribution in [2.45, 2.75) is 63.3 Å². The Bertz CT molecular complexity index is 1270. The molecule has 1 aliphatic heterocycles. The minimum atomic E-state index is -4.39. The van der Waals surface area contributed by atoms with Crippen molar-refractivity contribution in [1.82, 2.24) is 19.8 Å². The van der Waals surface area contributed by atoms with Gasteiger partial charge in [0.2, 0.25) is 5.91 Å². The van der Waals surface area contributed by atoms with Gasteiger partial charge >= 0.3 is 6.18 Å². The highest BCUT2D eigenvalue weighted by Crippen LogP contribution is 2.30. The number of hydrogen-bond donors (Lipinski definition) is 1. The number of hydrogen-bond acceptors (Lipinski definition) is 5. The number of nitrogens with one attached hydrogen (secondary N) is 1. The summed E-state index contributed by atoms with van der Waals surface area (Å²) in [5.74, 6) is 0.560. The molecule has 2 heterocycles. The molecule has 3 aromatic rings. The van der Waals surface area contributed by atoms with E-state index < -0.39 is 11.7 Å². The van der Waals surface area contributed by atoms with Crippen LogP contribution in [0.15, 0.2) is 73.2 Å². The third-order valence-corrected chi connectivity index (χ3v) is 7.88. The van der Waals surface area contributed by atoms with Gasteiger partial charge in [0, 0.05) is 49.7 Å². The fourth-order valence-electron chi connectivity index (χ4n) is 5.67. The zero-order valence-corrected chi connectivity index (χ0v) is 22.4. The lowest BCUT2D eigenvalue weighted by Crippen LogP contribution is -2.48. The van der Waals surface area contributed by atoms with Crippen LogP contribution >= 0.6 is 0 Å². The number of amides is 1. The maximum Gasteiger partial charge on any atom is 0.416 e. The van der Waals surface area contributed by atoms with E-state index in [0.29, 0.717) is 24.0 Å². The average Bonchev–Trinajstić information content (AvgIpc) is 3.51. The van der Waals surface area contributed by atoms with Gasteiger partial charge in [-0.25, -0.2) is 9.97 Å². The number of carbonyl (C=O) groups excluding carboxylic acids is 1. The Hall–Kier alpha value is -3.72. The Balaban J connectivity index is 1.28. The SMILES string of the molecule is O=C(C=Cc1ccc(C(F)(F)F)cc1)N(Cc1ccc(Nc2ccncn2)cc1)C1CCN(C2CCCC2)CC1. The standard InChI is InChI=1S/C31H34F3N5O/c32-31(33,34)25-10-5-23(6-11-25)9-14-30(40)39(28-16-19-38(20-17-28)27-3-1-2-4-27)21-24-7-12-26(13-8-24)37-29-15-18-35-22-36-29/h5-15,18,22,27-28H,1-4,16-17,19-21H2,(H,35,36,37). The van der Waals surface area contributed by atoms with E-state index in [9.17, 15) is 18.0 Å². The van der Waals surface area contributed by atoms with E-state index in [2.05, 4.69) is 20.2 Å². The number of benzene rings is 2. The van der Waals surface area contributed by atoms with Crippen molar-refractivity contribution in [3.05, 3.63) is 89.9 Å².